The zero-order valence-electron chi connectivity index (χ0n) is 25.7. The molecule has 4 rings (SSSR count). The maximum Gasteiger partial charge on any atom is 0.303 e. The highest BCUT2D eigenvalue weighted by Crippen LogP contribution is 2.32. The maximum atomic E-state index is 12.5. The van der Waals surface area contributed by atoms with Gasteiger partial charge in [-0.1, -0.05) is 20.4 Å². The van der Waals surface area contributed by atoms with Crippen molar-refractivity contribution in [2.75, 3.05) is 0 Å². The summed E-state index contributed by atoms with van der Waals surface area (Å²) < 4.78 is 0. The molecule has 0 radical (unpaired) electrons. The van der Waals surface area contributed by atoms with Gasteiger partial charge in [0, 0.05) is 57.4 Å². The van der Waals surface area contributed by atoms with Gasteiger partial charge >= 0.3 is 11.9 Å². The van der Waals surface area contributed by atoms with E-state index in [1.54, 1.807) is 0 Å². The van der Waals surface area contributed by atoms with E-state index in [0.717, 1.165) is 51.0 Å². The molecule has 4 heterocycles. The lowest BCUT2D eigenvalue weighted by Gasteiger charge is -2.11. The van der Waals surface area contributed by atoms with Gasteiger partial charge in [0.15, 0.2) is 0 Å². The fraction of sp³-hybridized carbons (Fsp3) is 0.394. The lowest BCUT2D eigenvalue weighted by atomic mass is 9.92. The van der Waals surface area contributed by atoms with E-state index >= 15 is 0 Å². The SMILES string of the molecule is C=C(S)C1=C(C)[C@@H](/C=c2/[nH]/c(=C\c3[nH]c(/C=C4\NC(=O)[C@H](C)[C@H]4CC)c(C)c3CCC(=O)O)c(CCC(=O)O)c2C)NC1=O. The second-order valence-electron chi connectivity index (χ2n) is 11.6. The largest absolute Gasteiger partial charge is 0.481 e. The fourth-order valence-corrected chi connectivity index (χ4v) is 6.47. The van der Waals surface area contributed by atoms with Crippen LogP contribution >= 0.6 is 12.6 Å². The minimum atomic E-state index is -0.925. The first-order valence-electron chi connectivity index (χ1n) is 14.7. The number of nitrogens with one attached hydrogen (secondary N) is 4. The molecular formula is C33H40N4O6S. The Morgan fingerprint density at radius 2 is 1.57 bits per heavy atom. The van der Waals surface area contributed by atoms with E-state index in [1.807, 2.05) is 52.8 Å². The molecule has 2 amide bonds. The predicted octanol–water partition coefficient (Wildman–Crippen LogP) is 2.99. The molecule has 44 heavy (non-hydrogen) atoms. The summed E-state index contributed by atoms with van der Waals surface area (Å²) in [7, 11) is 0. The lowest BCUT2D eigenvalue weighted by Crippen LogP contribution is -2.29. The Hall–Kier alpha value is -4.25. The Morgan fingerprint density at radius 1 is 0.932 bits per heavy atom. The summed E-state index contributed by atoms with van der Waals surface area (Å²) in [6, 6.07) is -0.397. The van der Waals surface area contributed by atoms with E-state index in [2.05, 4.69) is 39.8 Å². The van der Waals surface area contributed by atoms with E-state index in [0.29, 0.717) is 21.5 Å². The molecular weight excluding hydrogens is 580 g/mol. The fourth-order valence-electron chi connectivity index (χ4n) is 6.19. The van der Waals surface area contributed by atoms with Crippen LogP contribution < -0.4 is 21.3 Å². The van der Waals surface area contributed by atoms with E-state index in [1.165, 1.54) is 0 Å². The van der Waals surface area contributed by atoms with Gasteiger partial charge < -0.3 is 30.8 Å². The number of aliphatic carboxylic acids is 2. The molecule has 6 N–H and O–H groups in total. The summed E-state index contributed by atoms with van der Waals surface area (Å²) in [6.45, 7) is 13.4. The zero-order chi connectivity index (χ0) is 32.5. The molecule has 3 atom stereocenters. The van der Waals surface area contributed by atoms with E-state index in [9.17, 15) is 29.4 Å². The van der Waals surface area contributed by atoms with Gasteiger partial charge in [0.1, 0.15) is 0 Å². The number of carboxylic acid groups (broad SMARTS) is 2. The topological polar surface area (TPSA) is 164 Å². The number of rotatable bonds is 11. The van der Waals surface area contributed by atoms with Crippen LogP contribution in [0.15, 0.2) is 28.3 Å². The Balaban J connectivity index is 1.89. The number of carbonyl (C=O) groups is 4. The molecule has 1 saturated heterocycles. The van der Waals surface area contributed by atoms with Crippen LogP contribution in [0.2, 0.25) is 0 Å². The van der Waals surface area contributed by atoms with Crippen LogP contribution in [0.5, 0.6) is 0 Å². The number of hydrogen-bond donors (Lipinski definition) is 7. The Morgan fingerprint density at radius 3 is 2.14 bits per heavy atom. The summed E-state index contributed by atoms with van der Waals surface area (Å²) in [5.74, 6) is -2.20. The third-order valence-electron chi connectivity index (χ3n) is 8.79. The van der Waals surface area contributed by atoms with Crippen LogP contribution in [0.25, 0.3) is 18.2 Å². The lowest BCUT2D eigenvalue weighted by molar-refractivity contribution is -0.138. The predicted molar refractivity (Wildman–Crippen MR) is 172 cm³/mol. The van der Waals surface area contributed by atoms with Crippen molar-refractivity contribution in [3.8, 4) is 0 Å². The first kappa shape index (κ1) is 32.7. The quantitative estimate of drug-likeness (QED) is 0.191. The highest BCUT2D eigenvalue weighted by molar-refractivity contribution is 7.84. The normalized spacial score (nSPS) is 21.9. The molecule has 2 aromatic heterocycles. The van der Waals surface area contributed by atoms with Crippen molar-refractivity contribution in [3.05, 3.63) is 72.7 Å². The summed E-state index contributed by atoms with van der Waals surface area (Å²) in [5.41, 5.74) is 6.89. The number of hydrogen-bond acceptors (Lipinski definition) is 5. The molecule has 0 spiro atoms. The van der Waals surface area contributed by atoms with Crippen molar-refractivity contribution in [2.45, 2.75) is 72.8 Å². The van der Waals surface area contributed by atoms with E-state index in [4.69, 9.17) is 0 Å². The van der Waals surface area contributed by atoms with Crippen molar-refractivity contribution in [1.82, 2.24) is 20.6 Å². The summed E-state index contributed by atoms with van der Waals surface area (Å²) in [6.07, 6.45) is 6.91. The molecule has 2 aromatic rings. The first-order chi connectivity index (χ1) is 20.7. The molecule has 2 aliphatic heterocycles. The average Bonchev–Trinajstić information content (AvgIpc) is 3.59. The van der Waals surface area contributed by atoms with Gasteiger partial charge in [0.05, 0.1) is 11.6 Å². The van der Waals surface area contributed by atoms with Gasteiger partial charge in [-0.2, -0.15) is 0 Å². The molecule has 10 nitrogen and oxygen atoms in total. The standard InChI is InChI=1S/C33H40N4O6S/c1-7-20-17(4)32(42)37-26(20)13-24-16(3)22(9-11-30(40)41)28(35-24)14-27-21(8-10-29(38)39)15(2)23(34-27)12-25-18(5)31(19(6)44)33(43)36-25/h12-14,17,20,25,34-35,44H,6-11H2,1-5H3,(H,36,43)(H,37,42)(H,38,39)(H,40,41)/b23-12+,26-13-,27-14-/t17-,20-,25-/m1/s1. The number of carbonyl (C=O) groups excluding carboxylic acids is 2. The third-order valence-corrected chi connectivity index (χ3v) is 9.01. The van der Waals surface area contributed by atoms with Crippen molar-refractivity contribution in [3.63, 3.8) is 0 Å². The molecule has 0 saturated carbocycles. The molecule has 0 bridgehead atoms. The highest BCUT2D eigenvalue weighted by Gasteiger charge is 2.34. The van der Waals surface area contributed by atoms with Gasteiger partial charge in [-0.15, -0.1) is 12.6 Å². The smallest absolute Gasteiger partial charge is 0.303 e. The third kappa shape index (κ3) is 6.62. The van der Waals surface area contributed by atoms with Gasteiger partial charge in [0.2, 0.25) is 5.91 Å². The van der Waals surface area contributed by atoms with Crippen molar-refractivity contribution in [2.24, 2.45) is 11.8 Å². The van der Waals surface area contributed by atoms with Crippen molar-refractivity contribution >= 4 is 54.6 Å². The van der Waals surface area contributed by atoms with Crippen LogP contribution in [0, 0.1) is 25.7 Å². The maximum absolute atomic E-state index is 12.5. The van der Waals surface area contributed by atoms with Crippen LogP contribution in [0.3, 0.4) is 0 Å². The van der Waals surface area contributed by atoms with Gasteiger partial charge in [-0.05, 0) is 86.1 Å². The average molecular weight is 621 g/mol. The molecule has 0 unspecified atom stereocenters. The minimum Gasteiger partial charge on any atom is -0.481 e. The number of thiol groups is 1. The second-order valence-corrected chi connectivity index (χ2v) is 12.1. The monoisotopic (exact) mass is 620 g/mol. The summed E-state index contributed by atoms with van der Waals surface area (Å²) >= 11 is 4.27. The number of aromatic nitrogens is 2. The number of H-pyrrole nitrogens is 2. The minimum absolute atomic E-state index is 0.0201. The van der Waals surface area contributed by atoms with Crippen molar-refractivity contribution < 1.29 is 29.4 Å². The van der Waals surface area contributed by atoms with Crippen LogP contribution in [-0.4, -0.2) is 50.0 Å². The summed E-state index contributed by atoms with van der Waals surface area (Å²) in [5, 5.41) is 26.3. The van der Waals surface area contributed by atoms with Crippen LogP contribution in [-0.2, 0) is 32.0 Å². The number of amides is 2. The first-order valence-corrected chi connectivity index (χ1v) is 15.2. The van der Waals surface area contributed by atoms with E-state index in [-0.39, 0.29) is 49.3 Å². The molecule has 0 aliphatic carbocycles. The zero-order valence-corrected chi connectivity index (χ0v) is 26.6. The number of aromatic amines is 2. The van der Waals surface area contributed by atoms with Crippen LogP contribution in [0.4, 0.5) is 0 Å². The number of carboxylic acids is 2. The van der Waals surface area contributed by atoms with Gasteiger partial charge in [0.25, 0.3) is 5.91 Å². The second kappa shape index (κ2) is 13.2. The highest BCUT2D eigenvalue weighted by atomic mass is 32.1. The Bertz CT molecular complexity index is 1740. The summed E-state index contributed by atoms with van der Waals surface area (Å²) in [4.78, 5) is 55.2. The number of allylic oxidation sites excluding steroid dienone is 1. The molecule has 2 aliphatic rings. The molecule has 234 valence electrons. The molecule has 1 fully saturated rings. The van der Waals surface area contributed by atoms with Crippen molar-refractivity contribution in [1.29, 1.82) is 0 Å². The van der Waals surface area contributed by atoms with Gasteiger partial charge in [-0.3, -0.25) is 19.2 Å². The molecule has 0 aromatic carbocycles. The molecule has 11 heteroatoms. The van der Waals surface area contributed by atoms with Crippen LogP contribution in [0.1, 0.15) is 73.7 Å². The van der Waals surface area contributed by atoms with Gasteiger partial charge in [-0.25, -0.2) is 0 Å². The Labute approximate surface area is 261 Å². The van der Waals surface area contributed by atoms with E-state index < -0.39 is 18.0 Å². The Kier molecular flexibility index (Phi) is 9.78.